The molecular weight excluding hydrogens is 214 g/mol. The average molecular weight is 231 g/mol. The number of nitrogens with one attached hydrogen (secondary N) is 1. The summed E-state index contributed by atoms with van der Waals surface area (Å²) < 4.78 is 6.11. The van der Waals surface area contributed by atoms with E-state index < -0.39 is 0 Å². The minimum atomic E-state index is -0.0794. The molecule has 3 rings (SSSR count). The first kappa shape index (κ1) is 10.8. The summed E-state index contributed by atoms with van der Waals surface area (Å²) in [5.74, 6) is 0.119. The minimum Gasteiger partial charge on any atom is -0.368 e. The third-order valence-electron chi connectivity index (χ3n) is 3.68. The third-order valence-corrected chi connectivity index (χ3v) is 3.68. The molecule has 0 bridgehead atoms. The fourth-order valence-electron chi connectivity index (χ4n) is 2.81. The molecule has 2 fully saturated rings. The van der Waals surface area contributed by atoms with Gasteiger partial charge >= 0.3 is 0 Å². The van der Waals surface area contributed by atoms with Crippen LogP contribution >= 0.6 is 0 Å². The van der Waals surface area contributed by atoms with E-state index in [2.05, 4.69) is 5.32 Å². The Kier molecular flexibility index (Phi) is 2.85. The first-order valence-electron chi connectivity index (χ1n) is 6.33. The molecule has 0 radical (unpaired) electrons. The van der Waals surface area contributed by atoms with Crippen LogP contribution in [0.15, 0.2) is 30.3 Å². The van der Waals surface area contributed by atoms with Gasteiger partial charge in [-0.05, 0) is 24.8 Å². The standard InChI is InChI=1S/C14H17NO2/c16-14-9-13(10-5-2-1-3-6-10)17-12-8-4-7-11(12)15-14/h1-3,5-6,11-13H,4,7-9H2,(H,15,16)/t11-,12-,13-/m0/s1. The van der Waals surface area contributed by atoms with Crippen LogP contribution in [0, 0.1) is 0 Å². The fraction of sp³-hybridized carbons (Fsp3) is 0.500. The van der Waals surface area contributed by atoms with Crippen molar-refractivity contribution in [3.63, 3.8) is 0 Å². The molecule has 0 aromatic heterocycles. The van der Waals surface area contributed by atoms with Gasteiger partial charge in [0.2, 0.25) is 5.91 Å². The van der Waals surface area contributed by atoms with Crippen LogP contribution in [0.1, 0.15) is 37.4 Å². The van der Waals surface area contributed by atoms with Crippen molar-refractivity contribution in [2.45, 2.75) is 43.9 Å². The van der Waals surface area contributed by atoms with Gasteiger partial charge in [0, 0.05) is 0 Å². The van der Waals surface area contributed by atoms with Gasteiger partial charge in [-0.2, -0.15) is 0 Å². The molecule has 17 heavy (non-hydrogen) atoms. The summed E-state index contributed by atoms with van der Waals surface area (Å²) in [6.45, 7) is 0. The Balaban J connectivity index is 1.83. The summed E-state index contributed by atoms with van der Waals surface area (Å²) in [7, 11) is 0. The Morgan fingerprint density at radius 2 is 2.00 bits per heavy atom. The lowest BCUT2D eigenvalue weighted by atomic mass is 10.1. The predicted octanol–water partition coefficient (Wildman–Crippen LogP) is 2.19. The van der Waals surface area contributed by atoms with E-state index in [0.29, 0.717) is 6.42 Å². The maximum Gasteiger partial charge on any atom is 0.223 e. The van der Waals surface area contributed by atoms with Crippen molar-refractivity contribution in [1.29, 1.82) is 0 Å². The number of rotatable bonds is 1. The van der Waals surface area contributed by atoms with Crippen LogP contribution in [0.25, 0.3) is 0 Å². The van der Waals surface area contributed by atoms with Crippen molar-refractivity contribution in [2.75, 3.05) is 0 Å². The number of benzene rings is 1. The first-order valence-corrected chi connectivity index (χ1v) is 6.33. The SMILES string of the molecule is O=C1C[C@@H](c2ccccc2)O[C@H]2CCC[C@@H]2N1. The van der Waals surface area contributed by atoms with E-state index in [1.165, 1.54) is 0 Å². The number of hydrogen-bond donors (Lipinski definition) is 1. The summed E-state index contributed by atoms with van der Waals surface area (Å²) in [6, 6.07) is 10.3. The van der Waals surface area contributed by atoms with E-state index in [0.717, 1.165) is 24.8 Å². The van der Waals surface area contributed by atoms with Crippen LogP contribution in [0.5, 0.6) is 0 Å². The zero-order valence-corrected chi connectivity index (χ0v) is 9.76. The molecule has 0 unspecified atom stereocenters. The fourth-order valence-corrected chi connectivity index (χ4v) is 2.81. The number of carbonyl (C=O) groups is 1. The van der Waals surface area contributed by atoms with Crippen LogP contribution in [0.4, 0.5) is 0 Å². The highest BCUT2D eigenvalue weighted by Gasteiger charge is 2.35. The summed E-state index contributed by atoms with van der Waals surface area (Å²) >= 11 is 0. The topological polar surface area (TPSA) is 38.3 Å². The Morgan fingerprint density at radius 3 is 2.82 bits per heavy atom. The molecule has 3 nitrogen and oxygen atoms in total. The molecule has 1 N–H and O–H groups in total. The zero-order valence-electron chi connectivity index (χ0n) is 9.76. The van der Waals surface area contributed by atoms with Crippen LogP contribution in [-0.4, -0.2) is 18.1 Å². The molecule has 1 aromatic carbocycles. The van der Waals surface area contributed by atoms with E-state index in [-0.39, 0.29) is 24.2 Å². The molecule has 1 saturated carbocycles. The predicted molar refractivity (Wildman–Crippen MR) is 64.5 cm³/mol. The Bertz CT molecular complexity index is 404. The molecule has 1 aliphatic heterocycles. The molecule has 1 saturated heterocycles. The van der Waals surface area contributed by atoms with E-state index in [9.17, 15) is 4.79 Å². The van der Waals surface area contributed by atoms with Gasteiger partial charge in [-0.1, -0.05) is 30.3 Å². The van der Waals surface area contributed by atoms with Crippen molar-refractivity contribution in [1.82, 2.24) is 5.32 Å². The van der Waals surface area contributed by atoms with E-state index >= 15 is 0 Å². The van der Waals surface area contributed by atoms with Crippen molar-refractivity contribution in [3.8, 4) is 0 Å². The first-order chi connectivity index (χ1) is 8.33. The highest BCUT2D eigenvalue weighted by molar-refractivity contribution is 5.77. The van der Waals surface area contributed by atoms with Gasteiger partial charge in [0.1, 0.15) is 0 Å². The van der Waals surface area contributed by atoms with E-state index in [4.69, 9.17) is 4.74 Å². The van der Waals surface area contributed by atoms with Gasteiger partial charge in [0.05, 0.1) is 24.7 Å². The second-order valence-electron chi connectivity index (χ2n) is 4.88. The van der Waals surface area contributed by atoms with Crippen molar-refractivity contribution in [2.24, 2.45) is 0 Å². The normalized spacial score (nSPS) is 32.7. The van der Waals surface area contributed by atoms with Crippen LogP contribution < -0.4 is 5.32 Å². The highest BCUT2D eigenvalue weighted by atomic mass is 16.5. The molecule has 3 atom stereocenters. The van der Waals surface area contributed by atoms with Gasteiger partial charge in [0.15, 0.2) is 0 Å². The molecular formula is C14H17NO2. The molecule has 1 amide bonds. The Labute approximate surface area is 101 Å². The lowest BCUT2D eigenvalue weighted by molar-refractivity contribution is -0.122. The third kappa shape index (κ3) is 2.20. The highest BCUT2D eigenvalue weighted by Crippen LogP contribution is 2.32. The maximum atomic E-state index is 11.8. The smallest absolute Gasteiger partial charge is 0.223 e. The van der Waals surface area contributed by atoms with E-state index in [1.54, 1.807) is 0 Å². The number of ether oxygens (including phenoxy) is 1. The molecule has 90 valence electrons. The lowest BCUT2D eigenvalue weighted by Crippen LogP contribution is -2.37. The van der Waals surface area contributed by atoms with Gasteiger partial charge in [-0.25, -0.2) is 0 Å². The monoisotopic (exact) mass is 231 g/mol. The summed E-state index contributed by atoms with van der Waals surface area (Å²) in [5, 5.41) is 3.08. The number of amides is 1. The Morgan fingerprint density at radius 1 is 1.18 bits per heavy atom. The van der Waals surface area contributed by atoms with E-state index in [1.807, 2.05) is 30.3 Å². The van der Waals surface area contributed by atoms with Gasteiger partial charge in [0.25, 0.3) is 0 Å². The number of hydrogen-bond acceptors (Lipinski definition) is 2. The molecule has 1 aromatic rings. The van der Waals surface area contributed by atoms with Crippen LogP contribution in [0.3, 0.4) is 0 Å². The summed E-state index contributed by atoms with van der Waals surface area (Å²) in [6.07, 6.45) is 3.83. The van der Waals surface area contributed by atoms with Gasteiger partial charge in [-0.3, -0.25) is 4.79 Å². The summed E-state index contributed by atoms with van der Waals surface area (Å²) in [5.41, 5.74) is 1.11. The molecule has 1 heterocycles. The second kappa shape index (κ2) is 4.49. The maximum absolute atomic E-state index is 11.8. The Hall–Kier alpha value is -1.35. The summed E-state index contributed by atoms with van der Waals surface area (Å²) in [4.78, 5) is 11.8. The second-order valence-corrected chi connectivity index (χ2v) is 4.88. The van der Waals surface area contributed by atoms with Gasteiger partial charge in [-0.15, -0.1) is 0 Å². The molecule has 1 aliphatic carbocycles. The molecule has 0 spiro atoms. The van der Waals surface area contributed by atoms with Crippen LogP contribution in [-0.2, 0) is 9.53 Å². The number of fused-ring (bicyclic) bond motifs is 1. The van der Waals surface area contributed by atoms with Crippen molar-refractivity contribution >= 4 is 5.91 Å². The largest absolute Gasteiger partial charge is 0.368 e. The van der Waals surface area contributed by atoms with Gasteiger partial charge < -0.3 is 10.1 Å². The van der Waals surface area contributed by atoms with Crippen molar-refractivity contribution < 1.29 is 9.53 Å². The average Bonchev–Trinajstić information content (AvgIpc) is 2.70. The van der Waals surface area contributed by atoms with Crippen molar-refractivity contribution in [3.05, 3.63) is 35.9 Å². The zero-order chi connectivity index (χ0) is 11.7. The minimum absolute atomic E-state index is 0.0794. The lowest BCUT2D eigenvalue weighted by Gasteiger charge is -2.21. The number of carbonyl (C=O) groups excluding carboxylic acids is 1. The van der Waals surface area contributed by atoms with Crippen LogP contribution in [0.2, 0.25) is 0 Å². The molecule has 2 aliphatic rings. The molecule has 3 heteroatoms. The quantitative estimate of drug-likeness (QED) is 0.804.